The Morgan fingerprint density at radius 1 is 0.905 bits per heavy atom. The molecule has 1 saturated carbocycles. The van der Waals surface area contributed by atoms with Crippen molar-refractivity contribution in [3.05, 3.63) is 102 Å². The first-order valence-corrected chi connectivity index (χ1v) is 16.1. The summed E-state index contributed by atoms with van der Waals surface area (Å²) in [4.78, 5) is 29.2. The minimum absolute atomic E-state index is 0.0251. The summed E-state index contributed by atoms with van der Waals surface area (Å²) >= 11 is 0. The summed E-state index contributed by atoms with van der Waals surface area (Å²) in [5, 5.41) is 3.16. The SMILES string of the molecule is CS(=O)(=O)N(CCCC(=O)N(Cc1ccccc1)[C@@H](Cc1ccccc1)C(=O)NC1CCCC1)c1ccc(F)c(F)c1. The summed E-state index contributed by atoms with van der Waals surface area (Å²) < 4.78 is 53.3. The van der Waals surface area contributed by atoms with Gasteiger partial charge in [-0.15, -0.1) is 0 Å². The Morgan fingerprint density at radius 3 is 2.12 bits per heavy atom. The number of rotatable bonds is 13. The summed E-state index contributed by atoms with van der Waals surface area (Å²) in [6, 6.07) is 21.1. The molecule has 0 aliphatic heterocycles. The summed E-state index contributed by atoms with van der Waals surface area (Å²) in [6.45, 7) is 0.0840. The van der Waals surface area contributed by atoms with E-state index in [1.807, 2.05) is 60.7 Å². The third kappa shape index (κ3) is 8.61. The number of benzene rings is 3. The number of nitrogens with one attached hydrogen (secondary N) is 1. The van der Waals surface area contributed by atoms with Crippen LogP contribution >= 0.6 is 0 Å². The molecule has 0 saturated heterocycles. The zero-order valence-electron chi connectivity index (χ0n) is 23.7. The van der Waals surface area contributed by atoms with Gasteiger partial charge in [-0.05, 0) is 42.5 Å². The molecule has 0 bridgehead atoms. The molecule has 1 N–H and O–H groups in total. The van der Waals surface area contributed by atoms with Crippen molar-refractivity contribution in [1.82, 2.24) is 10.2 Å². The Balaban J connectivity index is 1.57. The number of hydrogen-bond donors (Lipinski definition) is 1. The lowest BCUT2D eigenvalue weighted by Gasteiger charge is -2.33. The van der Waals surface area contributed by atoms with Crippen LogP contribution in [0.25, 0.3) is 0 Å². The molecule has 1 aliphatic carbocycles. The van der Waals surface area contributed by atoms with E-state index in [-0.39, 0.29) is 49.5 Å². The van der Waals surface area contributed by atoms with Crippen molar-refractivity contribution < 1.29 is 26.8 Å². The Labute approximate surface area is 246 Å². The molecule has 0 unspecified atom stereocenters. The quantitative estimate of drug-likeness (QED) is 0.293. The van der Waals surface area contributed by atoms with E-state index >= 15 is 0 Å². The van der Waals surface area contributed by atoms with Gasteiger partial charge in [-0.1, -0.05) is 73.5 Å². The molecule has 1 fully saturated rings. The average Bonchev–Trinajstić information content (AvgIpc) is 3.48. The standard InChI is InChI=1S/C32H37F2N3O4S/c1-42(40,41)37(27-18-19-28(33)29(34)22-27)20-10-17-31(38)36(23-25-13-6-3-7-14-25)30(21-24-11-4-2-5-12-24)32(39)35-26-15-8-9-16-26/h2-7,11-14,18-19,22,26,30H,8-10,15-17,20-21,23H2,1H3,(H,35,39)/t30-/m0/s1. The van der Waals surface area contributed by atoms with Crippen LogP contribution in [-0.2, 0) is 32.6 Å². The normalized spacial score (nSPS) is 14.4. The number of sulfonamides is 1. The van der Waals surface area contributed by atoms with Crippen LogP contribution in [0.2, 0.25) is 0 Å². The van der Waals surface area contributed by atoms with Crippen molar-refractivity contribution >= 4 is 27.5 Å². The number of carbonyl (C=O) groups excluding carboxylic acids is 2. The lowest BCUT2D eigenvalue weighted by Crippen LogP contribution is -2.52. The highest BCUT2D eigenvalue weighted by atomic mass is 32.2. The summed E-state index contributed by atoms with van der Waals surface area (Å²) in [5.74, 6) is -2.77. The largest absolute Gasteiger partial charge is 0.352 e. The summed E-state index contributed by atoms with van der Waals surface area (Å²) in [6.07, 6.45) is 5.27. The molecule has 0 heterocycles. The van der Waals surface area contributed by atoms with Crippen LogP contribution in [0, 0.1) is 11.6 Å². The Morgan fingerprint density at radius 2 is 1.52 bits per heavy atom. The van der Waals surface area contributed by atoms with E-state index in [1.54, 1.807) is 4.90 Å². The highest BCUT2D eigenvalue weighted by molar-refractivity contribution is 7.92. The first kappa shape index (κ1) is 31.2. The maximum atomic E-state index is 13.9. The van der Waals surface area contributed by atoms with Crippen molar-refractivity contribution in [2.45, 2.75) is 63.6 Å². The van der Waals surface area contributed by atoms with Crippen molar-refractivity contribution in [3.8, 4) is 0 Å². The molecular weight excluding hydrogens is 560 g/mol. The van der Waals surface area contributed by atoms with E-state index in [2.05, 4.69) is 5.32 Å². The minimum atomic E-state index is -3.84. The smallest absolute Gasteiger partial charge is 0.243 e. The number of anilines is 1. The molecule has 4 rings (SSSR count). The first-order valence-electron chi connectivity index (χ1n) is 14.2. The van der Waals surface area contributed by atoms with Crippen molar-refractivity contribution in [1.29, 1.82) is 0 Å². The topological polar surface area (TPSA) is 86.8 Å². The van der Waals surface area contributed by atoms with Gasteiger partial charge >= 0.3 is 0 Å². The number of carbonyl (C=O) groups is 2. The molecule has 3 aromatic carbocycles. The maximum Gasteiger partial charge on any atom is 0.243 e. The Hall–Kier alpha value is -3.79. The average molecular weight is 598 g/mol. The number of nitrogens with zero attached hydrogens (tertiary/aromatic N) is 2. The van der Waals surface area contributed by atoms with E-state index in [0.29, 0.717) is 6.42 Å². The lowest BCUT2D eigenvalue weighted by atomic mass is 10.0. The van der Waals surface area contributed by atoms with E-state index < -0.39 is 27.7 Å². The molecule has 1 atom stereocenters. The molecule has 2 amide bonds. The third-order valence-corrected chi connectivity index (χ3v) is 8.71. The third-order valence-electron chi connectivity index (χ3n) is 7.51. The van der Waals surface area contributed by atoms with Gasteiger partial charge in [0.1, 0.15) is 6.04 Å². The predicted molar refractivity (Wildman–Crippen MR) is 159 cm³/mol. The van der Waals surface area contributed by atoms with Gasteiger partial charge in [0, 0.05) is 38.0 Å². The van der Waals surface area contributed by atoms with Gasteiger partial charge in [-0.25, -0.2) is 17.2 Å². The molecule has 3 aromatic rings. The van der Waals surface area contributed by atoms with Crippen LogP contribution in [0.5, 0.6) is 0 Å². The van der Waals surface area contributed by atoms with Crippen molar-refractivity contribution in [2.24, 2.45) is 0 Å². The second-order valence-electron chi connectivity index (χ2n) is 10.7. The van der Waals surface area contributed by atoms with Crippen LogP contribution in [0.15, 0.2) is 78.9 Å². The zero-order chi connectivity index (χ0) is 30.1. The van der Waals surface area contributed by atoms with E-state index in [0.717, 1.165) is 59.5 Å². The predicted octanol–water partition coefficient (Wildman–Crippen LogP) is 5.21. The number of halogens is 2. The fourth-order valence-electron chi connectivity index (χ4n) is 5.35. The van der Waals surface area contributed by atoms with Crippen LogP contribution < -0.4 is 9.62 Å². The second kappa shape index (κ2) is 14.4. The zero-order valence-corrected chi connectivity index (χ0v) is 24.5. The second-order valence-corrected chi connectivity index (χ2v) is 12.6. The first-order chi connectivity index (χ1) is 20.1. The highest BCUT2D eigenvalue weighted by Gasteiger charge is 2.32. The van der Waals surface area contributed by atoms with Crippen molar-refractivity contribution in [2.75, 3.05) is 17.1 Å². The van der Waals surface area contributed by atoms with Crippen LogP contribution in [-0.4, -0.2) is 50.0 Å². The maximum absolute atomic E-state index is 13.9. The molecule has 0 aromatic heterocycles. The molecule has 7 nitrogen and oxygen atoms in total. The molecule has 0 radical (unpaired) electrons. The van der Waals surface area contributed by atoms with Gasteiger partial charge < -0.3 is 10.2 Å². The van der Waals surface area contributed by atoms with Crippen LogP contribution in [0.1, 0.15) is 49.7 Å². The number of hydrogen-bond acceptors (Lipinski definition) is 4. The van der Waals surface area contributed by atoms with Gasteiger partial charge in [0.15, 0.2) is 11.6 Å². The van der Waals surface area contributed by atoms with Gasteiger partial charge in [0.2, 0.25) is 21.8 Å². The Kier molecular flexibility index (Phi) is 10.7. The van der Waals surface area contributed by atoms with Gasteiger partial charge in [-0.3, -0.25) is 13.9 Å². The van der Waals surface area contributed by atoms with E-state index in [4.69, 9.17) is 0 Å². The van der Waals surface area contributed by atoms with Crippen LogP contribution in [0.4, 0.5) is 14.5 Å². The minimum Gasteiger partial charge on any atom is -0.352 e. The lowest BCUT2D eigenvalue weighted by molar-refractivity contribution is -0.141. The molecule has 1 aliphatic rings. The summed E-state index contributed by atoms with van der Waals surface area (Å²) in [5.41, 5.74) is 1.75. The van der Waals surface area contributed by atoms with E-state index in [1.165, 1.54) is 6.07 Å². The molecule has 224 valence electrons. The summed E-state index contributed by atoms with van der Waals surface area (Å²) in [7, 11) is -3.84. The molecule has 42 heavy (non-hydrogen) atoms. The Bertz CT molecular complexity index is 1450. The van der Waals surface area contributed by atoms with Gasteiger partial charge in [0.25, 0.3) is 0 Å². The van der Waals surface area contributed by atoms with Gasteiger partial charge in [-0.2, -0.15) is 0 Å². The highest BCUT2D eigenvalue weighted by Crippen LogP contribution is 2.23. The molecule has 10 heteroatoms. The number of amides is 2. The molecule has 0 spiro atoms. The fourth-order valence-corrected chi connectivity index (χ4v) is 6.30. The monoisotopic (exact) mass is 597 g/mol. The van der Waals surface area contributed by atoms with Crippen LogP contribution in [0.3, 0.4) is 0 Å². The fraction of sp³-hybridized carbons (Fsp3) is 0.375. The van der Waals surface area contributed by atoms with E-state index in [9.17, 15) is 26.8 Å². The van der Waals surface area contributed by atoms with Crippen molar-refractivity contribution in [3.63, 3.8) is 0 Å². The molecular formula is C32H37F2N3O4S. The van der Waals surface area contributed by atoms with Gasteiger partial charge in [0.05, 0.1) is 11.9 Å².